The van der Waals surface area contributed by atoms with Crippen molar-refractivity contribution in [1.29, 1.82) is 5.26 Å². The summed E-state index contributed by atoms with van der Waals surface area (Å²) in [5.41, 5.74) is 2.23. The van der Waals surface area contributed by atoms with E-state index in [9.17, 15) is 18.5 Å². The molecule has 1 aliphatic rings. The van der Waals surface area contributed by atoms with Gasteiger partial charge in [0.1, 0.15) is 0 Å². The highest BCUT2D eigenvalue weighted by Gasteiger charge is 2.36. The lowest BCUT2D eigenvalue weighted by atomic mass is 10.1. The number of benzene rings is 3. The molecule has 0 spiro atoms. The zero-order valence-electron chi connectivity index (χ0n) is 19.2. The molecule has 0 aliphatic carbocycles. The molecule has 4 rings (SSSR count). The molecule has 35 heavy (non-hydrogen) atoms. The molecule has 1 saturated heterocycles. The molecule has 3 aromatic carbocycles. The van der Waals surface area contributed by atoms with Gasteiger partial charge in [-0.2, -0.15) is 17.0 Å². The van der Waals surface area contributed by atoms with Crippen molar-refractivity contribution in [3.8, 4) is 17.2 Å². The van der Waals surface area contributed by atoms with Crippen molar-refractivity contribution in [2.75, 3.05) is 28.4 Å². The van der Waals surface area contributed by atoms with Gasteiger partial charge in [-0.05, 0) is 53.5 Å². The van der Waals surface area contributed by atoms with Crippen LogP contribution in [0.3, 0.4) is 0 Å². The number of carbonyl (C=O) groups excluding carboxylic acids is 1. The maximum atomic E-state index is 12.8. The summed E-state index contributed by atoms with van der Waals surface area (Å²) in [6.45, 7) is 0. The standard InChI is InChI=1S/C26H25N3O4S2/c1-35(31,32)24-8-3-2-7-23(24)20-9-11-21(12-10-20)28-25(30)33-26(13-15-34-16-14-26)29-22-6-4-5-19(17-22)18-27/h2-12,17,29H,13-16H2,1H3,(H,28,30). The first kappa shape index (κ1) is 24.6. The number of nitrogens with zero attached hydrogens (tertiary/aromatic N) is 1. The van der Waals surface area contributed by atoms with Crippen LogP contribution in [-0.2, 0) is 14.6 Å². The van der Waals surface area contributed by atoms with Crippen LogP contribution >= 0.6 is 11.8 Å². The minimum absolute atomic E-state index is 0.253. The van der Waals surface area contributed by atoms with Crippen LogP contribution < -0.4 is 10.6 Å². The van der Waals surface area contributed by atoms with Crippen molar-refractivity contribution < 1.29 is 17.9 Å². The van der Waals surface area contributed by atoms with Gasteiger partial charge >= 0.3 is 6.09 Å². The summed E-state index contributed by atoms with van der Waals surface area (Å²) < 4.78 is 30.2. The van der Waals surface area contributed by atoms with Crippen LogP contribution in [0.5, 0.6) is 0 Å². The molecule has 9 heteroatoms. The number of sulfone groups is 1. The van der Waals surface area contributed by atoms with Gasteiger partial charge in [-0.3, -0.25) is 5.32 Å². The van der Waals surface area contributed by atoms with Gasteiger partial charge in [-0.1, -0.05) is 36.4 Å². The Morgan fingerprint density at radius 2 is 1.71 bits per heavy atom. The highest BCUT2D eigenvalue weighted by molar-refractivity contribution is 7.99. The molecule has 1 fully saturated rings. The first-order valence-corrected chi connectivity index (χ1v) is 14.1. The zero-order valence-corrected chi connectivity index (χ0v) is 20.8. The molecule has 0 bridgehead atoms. The molecule has 1 amide bonds. The molecule has 0 saturated carbocycles. The third-order valence-corrected chi connectivity index (χ3v) is 7.82. The summed E-state index contributed by atoms with van der Waals surface area (Å²) in [7, 11) is -3.38. The van der Waals surface area contributed by atoms with E-state index < -0.39 is 21.7 Å². The van der Waals surface area contributed by atoms with E-state index in [1.54, 1.807) is 78.5 Å². The molecular weight excluding hydrogens is 482 g/mol. The summed E-state index contributed by atoms with van der Waals surface area (Å²) in [5, 5.41) is 15.3. The third kappa shape index (κ3) is 6.15. The Morgan fingerprint density at radius 3 is 2.40 bits per heavy atom. The molecule has 0 radical (unpaired) electrons. The SMILES string of the molecule is CS(=O)(=O)c1ccccc1-c1ccc(NC(=O)OC2(Nc3cccc(C#N)c3)CCSCC2)cc1. The van der Waals surface area contributed by atoms with Crippen molar-refractivity contribution in [1.82, 2.24) is 0 Å². The molecule has 180 valence electrons. The summed E-state index contributed by atoms with van der Waals surface area (Å²) >= 11 is 1.80. The molecule has 3 aromatic rings. The Hall–Kier alpha value is -3.48. The van der Waals surface area contributed by atoms with Gasteiger partial charge in [-0.25, -0.2) is 13.2 Å². The lowest BCUT2D eigenvalue weighted by Gasteiger charge is -2.37. The number of amides is 1. The lowest BCUT2D eigenvalue weighted by molar-refractivity contribution is 0.0354. The van der Waals surface area contributed by atoms with Crippen LogP contribution in [0.25, 0.3) is 11.1 Å². The van der Waals surface area contributed by atoms with E-state index in [0.29, 0.717) is 29.7 Å². The Balaban J connectivity index is 1.48. The number of nitriles is 1. The van der Waals surface area contributed by atoms with E-state index in [0.717, 1.165) is 22.8 Å². The number of nitrogens with one attached hydrogen (secondary N) is 2. The molecule has 0 aromatic heterocycles. The van der Waals surface area contributed by atoms with Crippen molar-refractivity contribution >= 4 is 39.1 Å². The molecular formula is C26H25N3O4S2. The average Bonchev–Trinajstić information content (AvgIpc) is 2.84. The Morgan fingerprint density at radius 1 is 1.00 bits per heavy atom. The number of hydrogen-bond acceptors (Lipinski definition) is 7. The number of hydrogen-bond donors (Lipinski definition) is 2. The second-order valence-electron chi connectivity index (χ2n) is 8.28. The summed E-state index contributed by atoms with van der Waals surface area (Å²) in [6, 6.07) is 23.0. The van der Waals surface area contributed by atoms with Gasteiger partial charge in [0.15, 0.2) is 15.6 Å². The van der Waals surface area contributed by atoms with Crippen molar-refractivity contribution in [2.24, 2.45) is 0 Å². The van der Waals surface area contributed by atoms with Gasteiger partial charge in [0.25, 0.3) is 0 Å². The fourth-order valence-corrected chi connectivity index (χ4v) is 6.03. The minimum Gasteiger partial charge on any atom is -0.423 e. The normalized spacial score (nSPS) is 15.0. The topological polar surface area (TPSA) is 108 Å². The van der Waals surface area contributed by atoms with Crippen molar-refractivity contribution in [3.63, 3.8) is 0 Å². The van der Waals surface area contributed by atoms with E-state index in [-0.39, 0.29) is 4.90 Å². The van der Waals surface area contributed by atoms with Gasteiger partial charge in [0.05, 0.1) is 16.5 Å². The lowest BCUT2D eigenvalue weighted by Crippen LogP contribution is -2.47. The quantitative estimate of drug-likeness (QED) is 0.423. The average molecular weight is 508 g/mol. The van der Waals surface area contributed by atoms with Crippen LogP contribution in [0, 0.1) is 11.3 Å². The van der Waals surface area contributed by atoms with Crippen LogP contribution in [-0.4, -0.2) is 38.0 Å². The molecule has 1 aliphatic heterocycles. The summed E-state index contributed by atoms with van der Waals surface area (Å²) in [4.78, 5) is 13.1. The zero-order chi connectivity index (χ0) is 24.9. The van der Waals surface area contributed by atoms with Gasteiger partial charge < -0.3 is 10.1 Å². The van der Waals surface area contributed by atoms with Crippen LogP contribution in [0.1, 0.15) is 18.4 Å². The molecule has 1 heterocycles. The summed E-state index contributed by atoms with van der Waals surface area (Å²) in [6.07, 6.45) is 1.85. The summed E-state index contributed by atoms with van der Waals surface area (Å²) in [5.74, 6) is 1.68. The van der Waals surface area contributed by atoms with Crippen LogP contribution in [0.15, 0.2) is 77.7 Å². The molecule has 0 atom stereocenters. The number of anilines is 2. The number of ether oxygens (including phenoxy) is 1. The number of carbonyl (C=O) groups is 1. The van der Waals surface area contributed by atoms with E-state index in [1.165, 1.54) is 6.26 Å². The maximum Gasteiger partial charge on any atom is 0.413 e. The molecule has 2 N–H and O–H groups in total. The molecule has 7 nitrogen and oxygen atoms in total. The number of rotatable bonds is 6. The van der Waals surface area contributed by atoms with E-state index in [1.807, 2.05) is 6.07 Å². The highest BCUT2D eigenvalue weighted by Crippen LogP contribution is 2.33. The first-order valence-electron chi connectivity index (χ1n) is 11.0. The Labute approximate surface area is 209 Å². The largest absolute Gasteiger partial charge is 0.423 e. The molecule has 0 unspecified atom stereocenters. The highest BCUT2D eigenvalue weighted by atomic mass is 32.2. The van der Waals surface area contributed by atoms with E-state index in [4.69, 9.17) is 4.74 Å². The van der Waals surface area contributed by atoms with Gasteiger partial charge in [-0.15, -0.1) is 0 Å². The fourth-order valence-electron chi connectivity index (χ4n) is 3.97. The van der Waals surface area contributed by atoms with E-state index >= 15 is 0 Å². The van der Waals surface area contributed by atoms with Crippen molar-refractivity contribution in [2.45, 2.75) is 23.5 Å². The maximum absolute atomic E-state index is 12.8. The predicted octanol–water partition coefficient (Wildman–Crippen LogP) is 5.51. The van der Waals surface area contributed by atoms with Crippen LogP contribution in [0.2, 0.25) is 0 Å². The Bertz CT molecular complexity index is 1360. The smallest absolute Gasteiger partial charge is 0.413 e. The Kier molecular flexibility index (Phi) is 7.34. The van der Waals surface area contributed by atoms with Crippen molar-refractivity contribution in [3.05, 3.63) is 78.4 Å². The van der Waals surface area contributed by atoms with Gasteiger partial charge in [0, 0.05) is 36.0 Å². The first-order chi connectivity index (χ1) is 16.8. The monoisotopic (exact) mass is 507 g/mol. The fraction of sp³-hybridized carbons (Fsp3) is 0.231. The van der Waals surface area contributed by atoms with Crippen LogP contribution in [0.4, 0.5) is 16.2 Å². The van der Waals surface area contributed by atoms with E-state index in [2.05, 4.69) is 16.7 Å². The second kappa shape index (κ2) is 10.4. The number of thioether (sulfide) groups is 1. The minimum atomic E-state index is -3.38. The third-order valence-electron chi connectivity index (χ3n) is 5.68. The van der Waals surface area contributed by atoms with Gasteiger partial charge in [0.2, 0.25) is 0 Å². The second-order valence-corrected chi connectivity index (χ2v) is 11.5. The predicted molar refractivity (Wildman–Crippen MR) is 139 cm³/mol.